The molecule has 1 rings (SSSR count). The van der Waals surface area contributed by atoms with Gasteiger partial charge in [-0.2, -0.15) is 0 Å². The normalized spacial score (nSPS) is 12.2. The Morgan fingerprint density at radius 1 is 1.20 bits per heavy atom. The first-order valence-electron chi connectivity index (χ1n) is 6.78. The molecule has 1 aromatic rings. The predicted molar refractivity (Wildman–Crippen MR) is 77.6 cm³/mol. The fourth-order valence-electron chi connectivity index (χ4n) is 1.81. The summed E-state index contributed by atoms with van der Waals surface area (Å²) >= 11 is 0. The monoisotopic (exact) mass is 278 g/mol. The second-order valence-electron chi connectivity index (χ2n) is 4.96. The average molecular weight is 278 g/mol. The third-order valence-electron chi connectivity index (χ3n) is 2.91. The Morgan fingerprint density at radius 3 is 2.40 bits per heavy atom. The maximum absolute atomic E-state index is 11.6. The van der Waals surface area contributed by atoms with Crippen LogP contribution in [0.2, 0.25) is 0 Å². The van der Waals surface area contributed by atoms with Crippen molar-refractivity contribution in [3.8, 4) is 0 Å². The number of aliphatic carboxylic acids is 1. The van der Waals surface area contributed by atoms with Crippen LogP contribution < -0.4 is 10.6 Å². The highest BCUT2D eigenvalue weighted by Gasteiger charge is 2.20. The summed E-state index contributed by atoms with van der Waals surface area (Å²) in [5.41, 5.74) is 0.695. The molecule has 0 fully saturated rings. The van der Waals surface area contributed by atoms with Gasteiger partial charge in [-0.05, 0) is 5.56 Å². The van der Waals surface area contributed by atoms with Crippen LogP contribution in [0.3, 0.4) is 0 Å². The zero-order valence-corrected chi connectivity index (χ0v) is 11.9. The summed E-state index contributed by atoms with van der Waals surface area (Å²) < 4.78 is 0. The lowest BCUT2D eigenvalue weighted by molar-refractivity contribution is -0.138. The molecule has 0 aliphatic rings. The number of nitrogens with one attached hydrogen (secondary N) is 2. The largest absolute Gasteiger partial charge is 0.481 e. The summed E-state index contributed by atoms with van der Waals surface area (Å²) in [6.45, 7) is 4.72. The number of hydrogen-bond donors (Lipinski definition) is 3. The number of carboxylic acids is 1. The van der Waals surface area contributed by atoms with Crippen molar-refractivity contribution in [2.75, 3.05) is 13.1 Å². The topological polar surface area (TPSA) is 78.4 Å². The van der Waals surface area contributed by atoms with Gasteiger partial charge >= 0.3 is 5.97 Å². The highest BCUT2D eigenvalue weighted by molar-refractivity contribution is 5.79. The molecule has 0 bridgehead atoms. The molecule has 1 unspecified atom stereocenters. The second-order valence-corrected chi connectivity index (χ2v) is 4.96. The summed E-state index contributed by atoms with van der Waals surface area (Å²) in [7, 11) is 0. The molecule has 20 heavy (non-hydrogen) atoms. The first kappa shape index (κ1) is 16.2. The summed E-state index contributed by atoms with van der Waals surface area (Å²) in [6.07, 6.45) is 0.347. The molecule has 0 spiro atoms. The number of carbonyl (C=O) groups excluding carboxylic acids is 1. The van der Waals surface area contributed by atoms with Gasteiger partial charge in [-0.15, -0.1) is 0 Å². The van der Waals surface area contributed by atoms with Crippen molar-refractivity contribution in [1.29, 1.82) is 0 Å². The Bertz CT molecular complexity index is 432. The third kappa shape index (κ3) is 5.84. The predicted octanol–water partition coefficient (Wildman–Crippen LogP) is 1.36. The van der Waals surface area contributed by atoms with Gasteiger partial charge in [0.1, 0.15) is 0 Å². The molecule has 5 nitrogen and oxygen atoms in total. The van der Waals surface area contributed by atoms with Gasteiger partial charge < -0.3 is 15.7 Å². The highest BCUT2D eigenvalue weighted by atomic mass is 16.4. The van der Waals surface area contributed by atoms with Crippen LogP contribution >= 0.6 is 0 Å². The molecular weight excluding hydrogens is 256 g/mol. The minimum atomic E-state index is -0.934. The molecular formula is C15H22N2O3. The Kier molecular flexibility index (Phi) is 6.73. The van der Waals surface area contributed by atoms with Crippen LogP contribution in [0, 0.1) is 0 Å². The molecule has 0 radical (unpaired) electrons. The van der Waals surface area contributed by atoms with Crippen molar-refractivity contribution >= 4 is 11.9 Å². The first-order chi connectivity index (χ1) is 9.50. The van der Waals surface area contributed by atoms with E-state index in [1.807, 2.05) is 19.9 Å². The Hall–Kier alpha value is -1.88. The lowest BCUT2D eigenvalue weighted by Crippen LogP contribution is -2.34. The van der Waals surface area contributed by atoms with E-state index < -0.39 is 11.9 Å². The van der Waals surface area contributed by atoms with Crippen LogP contribution in [0.15, 0.2) is 30.3 Å². The minimum Gasteiger partial charge on any atom is -0.481 e. The van der Waals surface area contributed by atoms with Gasteiger partial charge in [0.25, 0.3) is 0 Å². The maximum atomic E-state index is 11.6. The van der Waals surface area contributed by atoms with Crippen LogP contribution in [-0.4, -0.2) is 36.1 Å². The van der Waals surface area contributed by atoms with Gasteiger partial charge in [-0.1, -0.05) is 44.2 Å². The van der Waals surface area contributed by atoms with Crippen molar-refractivity contribution in [1.82, 2.24) is 10.6 Å². The Morgan fingerprint density at radius 2 is 1.85 bits per heavy atom. The molecule has 0 heterocycles. The SMILES string of the molecule is CC(C)NCCC(=O)NCC(C(=O)O)c1ccccc1. The van der Waals surface area contributed by atoms with Gasteiger partial charge in [0.15, 0.2) is 0 Å². The molecule has 0 aromatic heterocycles. The fourth-order valence-corrected chi connectivity index (χ4v) is 1.81. The van der Waals surface area contributed by atoms with Gasteiger partial charge in [-0.25, -0.2) is 0 Å². The summed E-state index contributed by atoms with van der Waals surface area (Å²) in [4.78, 5) is 22.9. The lowest BCUT2D eigenvalue weighted by atomic mass is 9.99. The van der Waals surface area contributed by atoms with E-state index in [-0.39, 0.29) is 12.5 Å². The van der Waals surface area contributed by atoms with E-state index in [0.717, 1.165) is 0 Å². The molecule has 1 aromatic carbocycles. The van der Waals surface area contributed by atoms with Crippen molar-refractivity contribution in [3.05, 3.63) is 35.9 Å². The van der Waals surface area contributed by atoms with Gasteiger partial charge in [0.2, 0.25) is 5.91 Å². The smallest absolute Gasteiger partial charge is 0.312 e. The summed E-state index contributed by atoms with van der Waals surface area (Å²) in [6, 6.07) is 9.26. The molecule has 1 amide bonds. The van der Waals surface area contributed by atoms with E-state index in [2.05, 4.69) is 10.6 Å². The number of benzene rings is 1. The number of amides is 1. The van der Waals surface area contributed by atoms with Crippen molar-refractivity contribution in [2.24, 2.45) is 0 Å². The van der Waals surface area contributed by atoms with E-state index in [4.69, 9.17) is 0 Å². The Labute approximate surface area is 119 Å². The van der Waals surface area contributed by atoms with E-state index in [1.165, 1.54) is 0 Å². The Balaban J connectivity index is 2.44. The summed E-state index contributed by atoms with van der Waals surface area (Å²) in [5.74, 6) is -1.78. The third-order valence-corrected chi connectivity index (χ3v) is 2.91. The highest BCUT2D eigenvalue weighted by Crippen LogP contribution is 2.14. The van der Waals surface area contributed by atoms with Crippen LogP contribution in [0.4, 0.5) is 0 Å². The second kappa shape index (κ2) is 8.32. The van der Waals surface area contributed by atoms with Crippen molar-refractivity contribution in [3.63, 3.8) is 0 Å². The number of carbonyl (C=O) groups is 2. The van der Waals surface area contributed by atoms with E-state index in [0.29, 0.717) is 24.6 Å². The number of hydrogen-bond acceptors (Lipinski definition) is 3. The molecule has 0 saturated heterocycles. The van der Waals surface area contributed by atoms with Crippen LogP contribution in [0.25, 0.3) is 0 Å². The quantitative estimate of drug-likeness (QED) is 0.671. The number of rotatable bonds is 8. The zero-order chi connectivity index (χ0) is 15.0. The average Bonchev–Trinajstić information content (AvgIpc) is 2.39. The fraction of sp³-hybridized carbons (Fsp3) is 0.467. The van der Waals surface area contributed by atoms with Crippen molar-refractivity contribution in [2.45, 2.75) is 32.2 Å². The van der Waals surface area contributed by atoms with E-state index in [1.54, 1.807) is 24.3 Å². The lowest BCUT2D eigenvalue weighted by Gasteiger charge is -2.14. The molecule has 5 heteroatoms. The van der Waals surface area contributed by atoms with Crippen LogP contribution in [0.1, 0.15) is 31.7 Å². The first-order valence-corrected chi connectivity index (χ1v) is 6.78. The molecule has 3 N–H and O–H groups in total. The molecule has 110 valence electrons. The molecule has 0 saturated carbocycles. The van der Waals surface area contributed by atoms with E-state index in [9.17, 15) is 14.7 Å². The van der Waals surface area contributed by atoms with Crippen LogP contribution in [0.5, 0.6) is 0 Å². The zero-order valence-electron chi connectivity index (χ0n) is 11.9. The van der Waals surface area contributed by atoms with Gasteiger partial charge in [0.05, 0.1) is 5.92 Å². The van der Waals surface area contributed by atoms with Crippen molar-refractivity contribution < 1.29 is 14.7 Å². The van der Waals surface area contributed by atoms with E-state index >= 15 is 0 Å². The summed E-state index contributed by atoms with van der Waals surface area (Å²) in [5, 5.41) is 15.0. The molecule has 1 atom stereocenters. The van der Waals surface area contributed by atoms with Gasteiger partial charge in [0, 0.05) is 25.6 Å². The van der Waals surface area contributed by atoms with Gasteiger partial charge in [-0.3, -0.25) is 9.59 Å². The maximum Gasteiger partial charge on any atom is 0.312 e. The molecule has 0 aliphatic heterocycles. The standard InChI is InChI=1S/C15H22N2O3/c1-11(2)16-9-8-14(18)17-10-13(15(19)20)12-6-4-3-5-7-12/h3-7,11,13,16H,8-10H2,1-2H3,(H,17,18)(H,19,20). The minimum absolute atomic E-state index is 0.111. The number of carboxylic acid groups (broad SMARTS) is 1. The van der Waals surface area contributed by atoms with Crippen LogP contribution in [-0.2, 0) is 9.59 Å². The molecule has 0 aliphatic carbocycles.